The Morgan fingerprint density at radius 3 is 2.48 bits per heavy atom. The molecule has 0 saturated carbocycles. The van der Waals surface area contributed by atoms with Crippen molar-refractivity contribution in [3.8, 4) is 11.3 Å². The molecule has 2 heterocycles. The van der Waals surface area contributed by atoms with Gasteiger partial charge in [0.15, 0.2) is 0 Å². The average molecular weight is 445 g/mol. The van der Waals surface area contributed by atoms with E-state index in [0.717, 1.165) is 31.2 Å². The van der Waals surface area contributed by atoms with Crippen LogP contribution in [0, 0.1) is 5.82 Å². The number of nitrogens with zero attached hydrogens (tertiary/aromatic N) is 1. The summed E-state index contributed by atoms with van der Waals surface area (Å²) in [5.74, 6) is -0.374. The zero-order valence-corrected chi connectivity index (χ0v) is 18.4. The number of benzene rings is 2. The molecule has 6 nitrogen and oxygen atoms in total. The second kappa shape index (κ2) is 8.34. The number of furan rings is 1. The lowest BCUT2D eigenvalue weighted by Gasteiger charge is -2.24. The molecule has 8 heteroatoms. The summed E-state index contributed by atoms with van der Waals surface area (Å²) in [5, 5.41) is 3.26. The lowest BCUT2D eigenvalue weighted by Crippen LogP contribution is -2.31. The topological polar surface area (TPSA) is 79.6 Å². The molecular formula is C23H25FN2O4S. The Kier molecular flexibility index (Phi) is 5.75. The van der Waals surface area contributed by atoms with Crippen molar-refractivity contribution < 1.29 is 22.0 Å². The first-order valence-corrected chi connectivity index (χ1v) is 12.2. The quantitative estimate of drug-likeness (QED) is 0.646. The maximum Gasteiger partial charge on any atom is 0.255 e. The van der Waals surface area contributed by atoms with Gasteiger partial charge in [0, 0.05) is 30.6 Å². The molecule has 0 fully saturated rings. The van der Waals surface area contributed by atoms with E-state index in [2.05, 4.69) is 5.32 Å². The van der Waals surface area contributed by atoms with Crippen LogP contribution in [0.3, 0.4) is 0 Å². The van der Waals surface area contributed by atoms with Gasteiger partial charge in [-0.1, -0.05) is 12.8 Å². The van der Waals surface area contributed by atoms with E-state index in [-0.39, 0.29) is 11.7 Å². The van der Waals surface area contributed by atoms with Gasteiger partial charge in [-0.2, -0.15) is 0 Å². The van der Waals surface area contributed by atoms with Crippen LogP contribution in [0.15, 0.2) is 40.8 Å². The summed E-state index contributed by atoms with van der Waals surface area (Å²) < 4.78 is 46.0. The van der Waals surface area contributed by atoms with E-state index >= 15 is 0 Å². The van der Waals surface area contributed by atoms with Gasteiger partial charge in [0.25, 0.3) is 5.91 Å². The van der Waals surface area contributed by atoms with E-state index in [1.54, 1.807) is 25.2 Å². The summed E-state index contributed by atoms with van der Waals surface area (Å²) >= 11 is 0. The largest absolute Gasteiger partial charge is 0.455 e. The van der Waals surface area contributed by atoms with Crippen LogP contribution in [-0.2, 0) is 16.4 Å². The van der Waals surface area contributed by atoms with Crippen molar-refractivity contribution in [3.63, 3.8) is 0 Å². The van der Waals surface area contributed by atoms with Crippen molar-refractivity contribution in [2.45, 2.75) is 32.1 Å². The molecule has 1 amide bonds. The van der Waals surface area contributed by atoms with Gasteiger partial charge in [-0.05, 0) is 55.2 Å². The van der Waals surface area contributed by atoms with Crippen LogP contribution < -0.4 is 9.62 Å². The first-order chi connectivity index (χ1) is 14.8. The number of anilines is 1. The minimum Gasteiger partial charge on any atom is -0.455 e. The fraction of sp³-hybridized carbons (Fsp3) is 0.348. The minimum absolute atomic E-state index is 0.318. The van der Waals surface area contributed by atoms with Crippen molar-refractivity contribution in [1.29, 1.82) is 0 Å². The van der Waals surface area contributed by atoms with E-state index in [9.17, 15) is 17.6 Å². The van der Waals surface area contributed by atoms with Crippen LogP contribution in [0.5, 0.6) is 0 Å². The zero-order valence-electron chi connectivity index (χ0n) is 17.6. The van der Waals surface area contributed by atoms with Crippen LogP contribution in [0.1, 0.15) is 41.6 Å². The molecule has 4 rings (SSSR count). The molecule has 0 unspecified atom stereocenters. The summed E-state index contributed by atoms with van der Waals surface area (Å²) in [6.07, 6.45) is 5.63. The SMILES string of the molecule is CNC(=O)c1c(-c2ccc(F)cc2)oc2cc3c(cc12)CCCCCCN3S(C)(=O)=O. The third-order valence-corrected chi connectivity index (χ3v) is 6.86. The van der Waals surface area contributed by atoms with Crippen molar-refractivity contribution in [1.82, 2.24) is 5.32 Å². The number of carbonyl (C=O) groups excluding carboxylic acids is 1. The predicted molar refractivity (Wildman–Crippen MR) is 119 cm³/mol. The summed E-state index contributed by atoms with van der Waals surface area (Å²) in [6, 6.07) is 9.32. The number of nitrogens with one attached hydrogen (secondary N) is 1. The number of rotatable bonds is 3. The van der Waals surface area contributed by atoms with E-state index < -0.39 is 10.0 Å². The first kappa shape index (κ1) is 21.4. The standard InChI is InChI=1S/C23H25FN2O4S/c1-25-23(27)21-18-13-16-7-5-3-4-6-12-26(31(2,28)29)19(16)14-20(18)30-22(21)15-8-10-17(24)11-9-15/h8-11,13-14H,3-7,12H2,1-2H3,(H,25,27). The summed E-state index contributed by atoms with van der Waals surface area (Å²) in [7, 11) is -1.93. The molecule has 1 aliphatic rings. The van der Waals surface area contributed by atoms with E-state index in [1.165, 1.54) is 22.7 Å². The third-order valence-electron chi connectivity index (χ3n) is 5.68. The van der Waals surface area contributed by atoms with Crippen molar-refractivity contribution in [3.05, 3.63) is 53.3 Å². The van der Waals surface area contributed by atoms with Crippen molar-refractivity contribution in [2.75, 3.05) is 24.2 Å². The molecule has 164 valence electrons. The van der Waals surface area contributed by atoms with Gasteiger partial charge < -0.3 is 9.73 Å². The Labute approximate surface area is 181 Å². The predicted octanol–water partition coefficient (Wildman–Crippen LogP) is 4.48. The molecule has 3 aromatic rings. The van der Waals surface area contributed by atoms with Crippen LogP contribution >= 0.6 is 0 Å². The van der Waals surface area contributed by atoms with Gasteiger partial charge in [-0.15, -0.1) is 0 Å². The number of hydrogen-bond donors (Lipinski definition) is 1. The number of sulfonamides is 1. The number of halogens is 1. The second-order valence-corrected chi connectivity index (χ2v) is 9.78. The molecule has 0 saturated heterocycles. The molecular weight excluding hydrogens is 419 g/mol. The van der Waals surface area contributed by atoms with Crippen LogP contribution in [-0.4, -0.2) is 34.2 Å². The fourth-order valence-electron chi connectivity index (χ4n) is 4.15. The number of carbonyl (C=O) groups is 1. The summed E-state index contributed by atoms with van der Waals surface area (Å²) in [4.78, 5) is 12.8. The Bertz CT molecular complexity index is 1230. The highest BCUT2D eigenvalue weighted by molar-refractivity contribution is 7.92. The lowest BCUT2D eigenvalue weighted by atomic mass is 10.00. The maximum atomic E-state index is 13.4. The van der Waals surface area contributed by atoms with Crippen LogP contribution in [0.25, 0.3) is 22.3 Å². The Morgan fingerprint density at radius 1 is 1.10 bits per heavy atom. The zero-order chi connectivity index (χ0) is 22.2. The smallest absolute Gasteiger partial charge is 0.255 e. The maximum absolute atomic E-state index is 13.4. The molecule has 1 aliphatic heterocycles. The fourth-order valence-corrected chi connectivity index (χ4v) is 5.14. The molecule has 0 spiro atoms. The minimum atomic E-state index is -3.47. The molecule has 0 atom stereocenters. The van der Waals surface area contributed by atoms with Crippen molar-refractivity contribution >= 4 is 32.6 Å². The number of aryl methyl sites for hydroxylation is 1. The molecule has 0 aliphatic carbocycles. The highest BCUT2D eigenvalue weighted by Crippen LogP contribution is 2.39. The Morgan fingerprint density at radius 2 is 1.81 bits per heavy atom. The number of fused-ring (bicyclic) bond motifs is 2. The summed E-state index contributed by atoms with van der Waals surface area (Å²) in [5.41, 5.74) is 2.82. The second-order valence-electron chi connectivity index (χ2n) is 7.87. The number of hydrogen-bond acceptors (Lipinski definition) is 4. The monoisotopic (exact) mass is 444 g/mol. The van der Waals surface area contributed by atoms with Gasteiger partial charge in [0.1, 0.15) is 17.2 Å². The van der Waals surface area contributed by atoms with Gasteiger partial charge in [0.2, 0.25) is 10.0 Å². The first-order valence-electron chi connectivity index (χ1n) is 10.3. The van der Waals surface area contributed by atoms with Crippen LogP contribution in [0.2, 0.25) is 0 Å². The highest BCUT2D eigenvalue weighted by atomic mass is 32.2. The van der Waals surface area contributed by atoms with E-state index in [0.29, 0.717) is 46.5 Å². The lowest BCUT2D eigenvalue weighted by molar-refractivity contribution is 0.0964. The highest BCUT2D eigenvalue weighted by Gasteiger charge is 2.27. The average Bonchev–Trinajstić information content (AvgIpc) is 3.13. The normalized spacial score (nSPS) is 15.1. The van der Waals surface area contributed by atoms with E-state index in [4.69, 9.17) is 4.42 Å². The summed E-state index contributed by atoms with van der Waals surface area (Å²) in [6.45, 7) is 0.408. The molecule has 1 N–H and O–H groups in total. The molecule has 31 heavy (non-hydrogen) atoms. The van der Waals surface area contributed by atoms with Crippen LogP contribution in [0.4, 0.5) is 10.1 Å². The van der Waals surface area contributed by atoms with Gasteiger partial charge in [-0.3, -0.25) is 9.10 Å². The number of amides is 1. The Balaban J connectivity index is 1.98. The molecule has 2 aromatic carbocycles. The van der Waals surface area contributed by atoms with Gasteiger partial charge >= 0.3 is 0 Å². The molecule has 1 aromatic heterocycles. The van der Waals surface area contributed by atoms with E-state index in [1.807, 2.05) is 6.07 Å². The third kappa shape index (κ3) is 4.17. The Hall–Kier alpha value is -2.87. The van der Waals surface area contributed by atoms with Crippen molar-refractivity contribution in [2.24, 2.45) is 0 Å². The molecule has 0 radical (unpaired) electrons. The van der Waals surface area contributed by atoms with Gasteiger partial charge in [-0.25, -0.2) is 12.8 Å². The van der Waals surface area contributed by atoms with Gasteiger partial charge in [0.05, 0.1) is 17.5 Å². The molecule has 0 bridgehead atoms.